The first-order valence-electron chi connectivity index (χ1n) is 6.08. The van der Waals surface area contributed by atoms with Crippen LogP contribution >= 0.6 is 0 Å². The van der Waals surface area contributed by atoms with Crippen molar-refractivity contribution in [3.63, 3.8) is 0 Å². The first-order valence-corrected chi connectivity index (χ1v) is 6.08. The highest BCUT2D eigenvalue weighted by molar-refractivity contribution is 6.01. The van der Waals surface area contributed by atoms with E-state index in [4.69, 9.17) is 0 Å². The standard InChI is InChI=1S/C16H13F3O/c1-10-3-8-14(15(9-10)11(2)20)12-4-6-13(7-5-12)16(17,18)19/h3-9H,1-2H3. The number of rotatable bonds is 2. The Hall–Kier alpha value is -2.10. The summed E-state index contributed by atoms with van der Waals surface area (Å²) in [5.41, 5.74) is 2.01. The van der Waals surface area contributed by atoms with E-state index in [1.54, 1.807) is 12.1 Å². The molecule has 0 aliphatic rings. The Kier molecular flexibility index (Phi) is 3.66. The van der Waals surface area contributed by atoms with E-state index >= 15 is 0 Å². The molecule has 1 nitrogen and oxygen atoms in total. The molecular weight excluding hydrogens is 265 g/mol. The Balaban J connectivity index is 2.50. The monoisotopic (exact) mass is 278 g/mol. The van der Waals surface area contributed by atoms with Gasteiger partial charge in [-0.05, 0) is 43.2 Å². The van der Waals surface area contributed by atoms with Crippen molar-refractivity contribution in [3.05, 3.63) is 59.2 Å². The molecule has 0 amide bonds. The third kappa shape index (κ3) is 2.90. The van der Waals surface area contributed by atoms with Gasteiger partial charge >= 0.3 is 6.18 Å². The van der Waals surface area contributed by atoms with Crippen molar-refractivity contribution in [2.24, 2.45) is 0 Å². The van der Waals surface area contributed by atoms with E-state index in [0.717, 1.165) is 17.7 Å². The van der Waals surface area contributed by atoms with Crippen molar-refractivity contribution in [3.8, 4) is 11.1 Å². The maximum atomic E-state index is 12.5. The molecule has 104 valence electrons. The molecule has 0 spiro atoms. The summed E-state index contributed by atoms with van der Waals surface area (Å²) < 4.78 is 37.6. The van der Waals surface area contributed by atoms with E-state index in [0.29, 0.717) is 16.7 Å². The maximum Gasteiger partial charge on any atom is 0.416 e. The van der Waals surface area contributed by atoms with Crippen LogP contribution in [0.25, 0.3) is 11.1 Å². The second kappa shape index (κ2) is 5.12. The summed E-state index contributed by atoms with van der Waals surface area (Å²) in [7, 11) is 0. The van der Waals surface area contributed by atoms with Gasteiger partial charge in [-0.3, -0.25) is 4.79 Å². The number of Topliss-reactive ketones (excluding diaryl/α,β-unsaturated/α-hetero) is 1. The van der Waals surface area contributed by atoms with Crippen LogP contribution < -0.4 is 0 Å². The first-order chi connectivity index (χ1) is 9.29. The van der Waals surface area contributed by atoms with Crippen LogP contribution in [-0.2, 0) is 6.18 Å². The highest BCUT2D eigenvalue weighted by Crippen LogP contribution is 2.32. The molecule has 0 saturated heterocycles. The second-order valence-electron chi connectivity index (χ2n) is 4.68. The van der Waals surface area contributed by atoms with Gasteiger partial charge in [-0.15, -0.1) is 0 Å². The molecule has 2 aromatic rings. The number of alkyl halides is 3. The molecule has 4 heteroatoms. The molecule has 0 N–H and O–H groups in total. The van der Waals surface area contributed by atoms with Gasteiger partial charge in [0.25, 0.3) is 0 Å². The fourth-order valence-corrected chi connectivity index (χ4v) is 2.04. The fraction of sp³-hybridized carbons (Fsp3) is 0.188. The minimum atomic E-state index is -4.35. The average Bonchev–Trinajstić information content (AvgIpc) is 2.37. The lowest BCUT2D eigenvalue weighted by molar-refractivity contribution is -0.137. The van der Waals surface area contributed by atoms with Crippen molar-refractivity contribution in [1.29, 1.82) is 0 Å². The molecule has 0 radical (unpaired) electrons. The van der Waals surface area contributed by atoms with Crippen molar-refractivity contribution >= 4 is 5.78 Å². The number of hydrogen-bond donors (Lipinski definition) is 0. The van der Waals surface area contributed by atoms with Crippen LogP contribution in [0.15, 0.2) is 42.5 Å². The number of ketones is 1. The van der Waals surface area contributed by atoms with Gasteiger partial charge in [0.2, 0.25) is 0 Å². The van der Waals surface area contributed by atoms with E-state index in [-0.39, 0.29) is 5.78 Å². The first kappa shape index (κ1) is 14.3. The van der Waals surface area contributed by atoms with Crippen LogP contribution in [0.3, 0.4) is 0 Å². The van der Waals surface area contributed by atoms with E-state index in [2.05, 4.69) is 0 Å². The number of carbonyl (C=O) groups is 1. The summed E-state index contributed by atoms with van der Waals surface area (Å²) in [6.07, 6.45) is -4.35. The van der Waals surface area contributed by atoms with Crippen LogP contribution in [0.5, 0.6) is 0 Å². The lowest BCUT2D eigenvalue weighted by Gasteiger charge is -2.11. The van der Waals surface area contributed by atoms with E-state index in [9.17, 15) is 18.0 Å². The summed E-state index contributed by atoms with van der Waals surface area (Å²) in [6.45, 7) is 3.31. The van der Waals surface area contributed by atoms with Crippen molar-refractivity contribution in [2.45, 2.75) is 20.0 Å². The predicted molar refractivity (Wildman–Crippen MR) is 71.6 cm³/mol. The molecule has 0 aromatic heterocycles. The third-order valence-corrected chi connectivity index (χ3v) is 3.08. The van der Waals surface area contributed by atoms with Gasteiger partial charge in [-0.2, -0.15) is 13.2 Å². The summed E-state index contributed by atoms with van der Waals surface area (Å²) in [4.78, 5) is 11.6. The van der Waals surface area contributed by atoms with Gasteiger partial charge in [0.1, 0.15) is 0 Å². The Morgan fingerprint density at radius 3 is 2.10 bits per heavy atom. The Labute approximate surface area is 115 Å². The van der Waals surface area contributed by atoms with Crippen molar-refractivity contribution in [2.75, 3.05) is 0 Å². The summed E-state index contributed by atoms with van der Waals surface area (Å²) in [6, 6.07) is 10.2. The van der Waals surface area contributed by atoms with Gasteiger partial charge in [-0.1, -0.05) is 29.8 Å². The molecular formula is C16H13F3O. The van der Waals surface area contributed by atoms with Crippen LogP contribution in [-0.4, -0.2) is 5.78 Å². The molecule has 2 aromatic carbocycles. The fourth-order valence-electron chi connectivity index (χ4n) is 2.04. The molecule has 0 aliphatic carbocycles. The summed E-state index contributed by atoms with van der Waals surface area (Å²) in [5.74, 6) is -0.108. The molecule has 0 bridgehead atoms. The van der Waals surface area contributed by atoms with Gasteiger partial charge < -0.3 is 0 Å². The third-order valence-electron chi connectivity index (χ3n) is 3.08. The van der Waals surface area contributed by atoms with Gasteiger partial charge in [0.05, 0.1) is 5.56 Å². The molecule has 0 heterocycles. The number of benzene rings is 2. The van der Waals surface area contributed by atoms with Gasteiger partial charge in [-0.25, -0.2) is 0 Å². The maximum absolute atomic E-state index is 12.5. The summed E-state index contributed by atoms with van der Waals surface area (Å²) in [5, 5.41) is 0. The Morgan fingerprint density at radius 2 is 1.60 bits per heavy atom. The minimum Gasteiger partial charge on any atom is -0.294 e. The normalized spacial score (nSPS) is 11.4. The van der Waals surface area contributed by atoms with Gasteiger partial charge in [0.15, 0.2) is 5.78 Å². The molecule has 0 fully saturated rings. The van der Waals surface area contributed by atoms with Crippen LogP contribution in [0.1, 0.15) is 28.4 Å². The largest absolute Gasteiger partial charge is 0.416 e. The molecule has 0 saturated carbocycles. The zero-order chi connectivity index (χ0) is 14.9. The zero-order valence-electron chi connectivity index (χ0n) is 11.1. The van der Waals surface area contributed by atoms with Crippen LogP contribution in [0.2, 0.25) is 0 Å². The lowest BCUT2D eigenvalue weighted by atomic mass is 9.95. The minimum absolute atomic E-state index is 0.108. The number of halogens is 3. The SMILES string of the molecule is CC(=O)c1cc(C)ccc1-c1ccc(C(F)(F)F)cc1. The number of carbonyl (C=O) groups excluding carboxylic acids is 1. The highest BCUT2D eigenvalue weighted by atomic mass is 19.4. The predicted octanol–water partition coefficient (Wildman–Crippen LogP) is 4.88. The van der Waals surface area contributed by atoms with Crippen LogP contribution in [0, 0.1) is 6.92 Å². The van der Waals surface area contributed by atoms with Crippen molar-refractivity contribution in [1.82, 2.24) is 0 Å². The van der Waals surface area contributed by atoms with E-state index in [1.807, 2.05) is 13.0 Å². The van der Waals surface area contributed by atoms with Crippen molar-refractivity contribution < 1.29 is 18.0 Å². The van der Waals surface area contributed by atoms with Gasteiger partial charge in [0, 0.05) is 5.56 Å². The highest BCUT2D eigenvalue weighted by Gasteiger charge is 2.30. The average molecular weight is 278 g/mol. The molecule has 2 rings (SSSR count). The number of hydrogen-bond acceptors (Lipinski definition) is 1. The topological polar surface area (TPSA) is 17.1 Å². The second-order valence-corrected chi connectivity index (χ2v) is 4.68. The molecule has 0 aliphatic heterocycles. The lowest BCUT2D eigenvalue weighted by Crippen LogP contribution is -2.04. The molecule has 20 heavy (non-hydrogen) atoms. The molecule has 0 atom stereocenters. The zero-order valence-corrected chi connectivity index (χ0v) is 11.1. The Bertz CT molecular complexity index is 640. The summed E-state index contributed by atoms with van der Waals surface area (Å²) >= 11 is 0. The molecule has 0 unspecified atom stereocenters. The smallest absolute Gasteiger partial charge is 0.294 e. The van der Waals surface area contributed by atoms with Crippen LogP contribution in [0.4, 0.5) is 13.2 Å². The number of aryl methyl sites for hydroxylation is 1. The quantitative estimate of drug-likeness (QED) is 0.715. The Morgan fingerprint density at radius 1 is 1.00 bits per heavy atom. The van der Waals surface area contributed by atoms with E-state index < -0.39 is 11.7 Å². The van der Waals surface area contributed by atoms with E-state index in [1.165, 1.54) is 19.1 Å².